The van der Waals surface area contributed by atoms with Crippen LogP contribution in [0.5, 0.6) is 0 Å². The van der Waals surface area contributed by atoms with E-state index in [-0.39, 0.29) is 5.69 Å². The smallest absolute Gasteiger partial charge is 0.300 e. The summed E-state index contributed by atoms with van der Waals surface area (Å²) in [4.78, 5) is 14.8. The quantitative estimate of drug-likeness (QED) is 0.459. The molecule has 0 spiro atoms. The van der Waals surface area contributed by atoms with E-state index in [0.717, 1.165) is 4.88 Å². The van der Waals surface area contributed by atoms with Crippen molar-refractivity contribution in [3.8, 4) is 0 Å². The molecule has 84 valence electrons. The highest BCUT2D eigenvalue weighted by Crippen LogP contribution is 2.18. The first-order valence-corrected chi connectivity index (χ1v) is 5.09. The monoisotopic (exact) mass is 240 g/mol. The fourth-order valence-electron chi connectivity index (χ4n) is 1.14. The van der Waals surface area contributed by atoms with Crippen molar-refractivity contribution in [1.29, 1.82) is 0 Å². The Bertz CT molecular complexity index is 506. The van der Waals surface area contributed by atoms with E-state index < -0.39 is 4.92 Å². The van der Waals surface area contributed by atoms with Crippen LogP contribution in [0.25, 0.3) is 0 Å². The molecule has 0 saturated carbocycles. The lowest BCUT2D eigenvalue weighted by Crippen LogP contribution is -2.05. The summed E-state index contributed by atoms with van der Waals surface area (Å²) in [6.45, 7) is 0.438. The van der Waals surface area contributed by atoms with Crippen molar-refractivity contribution in [1.82, 2.24) is 14.8 Å². The van der Waals surface area contributed by atoms with Crippen LogP contribution in [0.1, 0.15) is 4.88 Å². The van der Waals surface area contributed by atoms with E-state index >= 15 is 0 Å². The first-order chi connectivity index (χ1) is 7.69. The van der Waals surface area contributed by atoms with E-state index in [2.05, 4.69) is 15.5 Å². The first-order valence-electron chi connectivity index (χ1n) is 4.27. The molecule has 0 unspecified atom stereocenters. The normalized spacial score (nSPS) is 10.3. The Morgan fingerprint density at radius 2 is 2.44 bits per heavy atom. The molecule has 0 aliphatic rings. The summed E-state index contributed by atoms with van der Waals surface area (Å²) >= 11 is 1.37. The molecule has 0 fully saturated rings. The largest absolute Gasteiger partial charge is 0.307 e. The molecule has 16 heavy (non-hydrogen) atoms. The molecule has 2 rings (SSSR count). The SMILES string of the molecule is NNc1ncc(Cn2cc([N+](=O)[O-])cn2)s1. The van der Waals surface area contributed by atoms with Gasteiger partial charge in [0.05, 0.1) is 11.5 Å². The molecule has 0 bridgehead atoms. The fourth-order valence-corrected chi connectivity index (χ4v) is 1.86. The Balaban J connectivity index is 2.11. The number of hydrazine groups is 1. The Morgan fingerprint density at radius 3 is 3.00 bits per heavy atom. The zero-order valence-electron chi connectivity index (χ0n) is 8.03. The highest BCUT2D eigenvalue weighted by Gasteiger charge is 2.09. The zero-order chi connectivity index (χ0) is 11.5. The van der Waals surface area contributed by atoms with Crippen molar-refractivity contribution in [2.75, 3.05) is 5.43 Å². The summed E-state index contributed by atoms with van der Waals surface area (Å²) < 4.78 is 1.48. The molecular weight excluding hydrogens is 232 g/mol. The molecule has 9 heteroatoms. The summed E-state index contributed by atoms with van der Waals surface area (Å²) in [6.07, 6.45) is 4.23. The molecule has 2 heterocycles. The number of thiazole rings is 1. The van der Waals surface area contributed by atoms with Crippen molar-refractivity contribution in [2.24, 2.45) is 5.84 Å². The average Bonchev–Trinajstić information content (AvgIpc) is 2.87. The van der Waals surface area contributed by atoms with Gasteiger partial charge in [0, 0.05) is 11.1 Å². The molecule has 2 aromatic rings. The molecule has 0 saturated heterocycles. The van der Waals surface area contributed by atoms with Gasteiger partial charge in [0.1, 0.15) is 12.4 Å². The number of rotatable bonds is 4. The maximum atomic E-state index is 10.4. The Morgan fingerprint density at radius 1 is 1.62 bits per heavy atom. The molecule has 0 aromatic carbocycles. The van der Waals surface area contributed by atoms with E-state index in [1.54, 1.807) is 6.20 Å². The Labute approximate surface area is 93.8 Å². The van der Waals surface area contributed by atoms with Gasteiger partial charge in [-0.1, -0.05) is 11.3 Å². The molecule has 0 amide bonds. The molecular formula is C7H8N6O2S. The number of aromatic nitrogens is 3. The van der Waals surface area contributed by atoms with E-state index in [1.165, 1.54) is 28.4 Å². The summed E-state index contributed by atoms with van der Waals surface area (Å²) in [6, 6.07) is 0. The highest BCUT2D eigenvalue weighted by molar-refractivity contribution is 7.15. The molecule has 8 nitrogen and oxygen atoms in total. The number of nitrogens with zero attached hydrogens (tertiary/aromatic N) is 4. The van der Waals surface area contributed by atoms with Crippen LogP contribution in [0.3, 0.4) is 0 Å². The van der Waals surface area contributed by atoms with Gasteiger partial charge in [0.15, 0.2) is 5.13 Å². The van der Waals surface area contributed by atoms with Gasteiger partial charge in [0.25, 0.3) is 0 Å². The number of nitro groups is 1. The number of hydrogen-bond donors (Lipinski definition) is 2. The molecule has 0 aliphatic heterocycles. The van der Waals surface area contributed by atoms with E-state index in [0.29, 0.717) is 11.7 Å². The third kappa shape index (κ3) is 2.15. The topological polar surface area (TPSA) is 112 Å². The minimum Gasteiger partial charge on any atom is -0.300 e. The molecule has 2 aromatic heterocycles. The van der Waals surface area contributed by atoms with Crippen molar-refractivity contribution in [2.45, 2.75) is 6.54 Å². The van der Waals surface area contributed by atoms with Crippen molar-refractivity contribution >= 4 is 22.2 Å². The minimum absolute atomic E-state index is 0.0262. The second-order valence-electron chi connectivity index (χ2n) is 2.93. The van der Waals surface area contributed by atoms with Crippen LogP contribution >= 0.6 is 11.3 Å². The number of anilines is 1. The lowest BCUT2D eigenvalue weighted by atomic mass is 10.5. The van der Waals surface area contributed by atoms with Crippen LogP contribution < -0.4 is 11.3 Å². The molecule has 0 radical (unpaired) electrons. The van der Waals surface area contributed by atoms with Crippen molar-refractivity contribution in [3.63, 3.8) is 0 Å². The maximum absolute atomic E-state index is 10.4. The lowest BCUT2D eigenvalue weighted by molar-refractivity contribution is -0.385. The summed E-state index contributed by atoms with van der Waals surface area (Å²) in [7, 11) is 0. The Hall–Kier alpha value is -2.00. The van der Waals surface area contributed by atoms with Gasteiger partial charge in [-0.15, -0.1) is 0 Å². The van der Waals surface area contributed by atoms with Crippen molar-refractivity contribution < 1.29 is 4.92 Å². The predicted octanol–water partition coefficient (Wildman–Crippen LogP) is 0.582. The van der Waals surface area contributed by atoms with Crippen LogP contribution in [-0.2, 0) is 6.54 Å². The van der Waals surface area contributed by atoms with Crippen LogP contribution in [0, 0.1) is 10.1 Å². The van der Waals surface area contributed by atoms with Gasteiger partial charge >= 0.3 is 5.69 Å². The summed E-state index contributed by atoms with van der Waals surface area (Å²) in [5, 5.41) is 14.9. The third-order valence-electron chi connectivity index (χ3n) is 1.83. The van der Waals surface area contributed by atoms with Gasteiger partial charge in [-0.25, -0.2) is 10.8 Å². The van der Waals surface area contributed by atoms with Gasteiger partial charge in [0.2, 0.25) is 0 Å². The average molecular weight is 240 g/mol. The van der Waals surface area contributed by atoms with Crippen LogP contribution in [-0.4, -0.2) is 19.7 Å². The maximum Gasteiger partial charge on any atom is 0.307 e. The number of hydrogen-bond acceptors (Lipinski definition) is 7. The second kappa shape index (κ2) is 4.24. The molecule has 0 aliphatic carbocycles. The second-order valence-corrected chi connectivity index (χ2v) is 4.04. The summed E-state index contributed by atoms with van der Waals surface area (Å²) in [5.41, 5.74) is 2.40. The predicted molar refractivity (Wildman–Crippen MR) is 57.9 cm³/mol. The van der Waals surface area contributed by atoms with E-state index in [9.17, 15) is 10.1 Å². The number of nitrogens with two attached hydrogens (primary N) is 1. The van der Waals surface area contributed by atoms with E-state index in [4.69, 9.17) is 5.84 Å². The Kier molecular flexibility index (Phi) is 2.79. The fraction of sp³-hybridized carbons (Fsp3) is 0.143. The van der Waals surface area contributed by atoms with Gasteiger partial charge in [-0.2, -0.15) is 5.10 Å². The lowest BCUT2D eigenvalue weighted by Gasteiger charge is -1.95. The first kappa shape index (κ1) is 10.5. The van der Waals surface area contributed by atoms with Gasteiger partial charge < -0.3 is 0 Å². The molecule has 0 atom stereocenters. The number of nitrogen functional groups attached to an aromatic ring is 1. The summed E-state index contributed by atoms with van der Waals surface area (Å²) in [5.74, 6) is 5.19. The standard InChI is InChI=1S/C7H8N6O2S/c8-11-7-9-2-6(16-7)4-12-3-5(1-10-12)13(14)15/h1-3H,4,8H2,(H,9,11). The highest BCUT2D eigenvalue weighted by atomic mass is 32.1. The van der Waals surface area contributed by atoms with Gasteiger partial charge in [-0.3, -0.25) is 20.2 Å². The van der Waals surface area contributed by atoms with Crippen molar-refractivity contribution in [3.05, 3.63) is 33.6 Å². The molecule has 3 N–H and O–H groups in total. The zero-order valence-corrected chi connectivity index (χ0v) is 8.85. The van der Waals surface area contributed by atoms with Crippen LogP contribution in [0.2, 0.25) is 0 Å². The minimum atomic E-state index is -0.483. The van der Waals surface area contributed by atoms with E-state index in [1.807, 2.05) is 0 Å². The van der Waals surface area contributed by atoms with Crippen LogP contribution in [0.15, 0.2) is 18.6 Å². The third-order valence-corrected chi connectivity index (χ3v) is 2.74. The number of nitrogens with one attached hydrogen (secondary N) is 1. The van der Waals surface area contributed by atoms with Crippen LogP contribution in [0.4, 0.5) is 10.8 Å². The van der Waals surface area contributed by atoms with Gasteiger partial charge in [-0.05, 0) is 0 Å².